The Labute approximate surface area is 98.1 Å². The van der Waals surface area contributed by atoms with E-state index in [1.807, 2.05) is 0 Å². The third-order valence-corrected chi connectivity index (χ3v) is 3.20. The third kappa shape index (κ3) is 2.25. The smallest absolute Gasteiger partial charge is 0.311 e. The van der Waals surface area contributed by atoms with Gasteiger partial charge in [-0.25, -0.2) is 0 Å². The molecule has 1 aromatic rings. The van der Waals surface area contributed by atoms with E-state index in [1.165, 1.54) is 18.5 Å². The number of rotatable bonds is 4. The second-order valence-electron chi connectivity index (χ2n) is 4.25. The van der Waals surface area contributed by atoms with Crippen LogP contribution in [-0.4, -0.2) is 33.7 Å². The summed E-state index contributed by atoms with van der Waals surface area (Å²) < 4.78 is 0. The van der Waals surface area contributed by atoms with Gasteiger partial charge in [-0.15, -0.1) is 0 Å². The van der Waals surface area contributed by atoms with E-state index < -0.39 is 11.4 Å². The van der Waals surface area contributed by atoms with Crippen molar-refractivity contribution in [2.75, 3.05) is 6.54 Å². The minimum atomic E-state index is -0.836. The van der Waals surface area contributed by atoms with Crippen LogP contribution in [0.15, 0.2) is 18.5 Å². The highest BCUT2D eigenvalue weighted by Crippen LogP contribution is 2.40. The molecule has 0 aromatic carbocycles. The maximum atomic E-state index is 11.7. The lowest BCUT2D eigenvalue weighted by atomic mass is 9.69. The first-order chi connectivity index (χ1) is 8.14. The first-order valence-corrected chi connectivity index (χ1v) is 5.42. The monoisotopic (exact) mass is 235 g/mol. The van der Waals surface area contributed by atoms with Crippen molar-refractivity contribution in [3.8, 4) is 0 Å². The van der Waals surface area contributed by atoms with Gasteiger partial charge in [-0.2, -0.15) is 10.2 Å². The molecule has 2 N–H and O–H groups in total. The Morgan fingerprint density at radius 2 is 2.18 bits per heavy atom. The first kappa shape index (κ1) is 11.5. The number of carboxylic acids is 1. The normalized spacial score (nSPS) is 16.9. The summed E-state index contributed by atoms with van der Waals surface area (Å²) in [6.45, 7) is 0.170. The van der Waals surface area contributed by atoms with Crippen LogP contribution in [-0.2, 0) is 4.79 Å². The molecule has 0 bridgehead atoms. The molecule has 0 radical (unpaired) electrons. The average molecular weight is 235 g/mol. The molecular formula is C11H13N3O3. The third-order valence-electron chi connectivity index (χ3n) is 3.20. The minimum absolute atomic E-state index is 0.170. The molecule has 90 valence electrons. The van der Waals surface area contributed by atoms with Crippen molar-refractivity contribution >= 4 is 11.9 Å². The van der Waals surface area contributed by atoms with Gasteiger partial charge in [0, 0.05) is 6.54 Å². The van der Waals surface area contributed by atoms with Gasteiger partial charge in [0.05, 0.1) is 23.4 Å². The van der Waals surface area contributed by atoms with E-state index in [0.29, 0.717) is 18.4 Å². The van der Waals surface area contributed by atoms with Gasteiger partial charge >= 0.3 is 5.97 Å². The van der Waals surface area contributed by atoms with Crippen LogP contribution in [0.2, 0.25) is 0 Å². The lowest BCUT2D eigenvalue weighted by molar-refractivity contribution is -0.153. The van der Waals surface area contributed by atoms with Crippen LogP contribution in [0.25, 0.3) is 0 Å². The molecule has 0 unspecified atom stereocenters. The molecule has 17 heavy (non-hydrogen) atoms. The fraction of sp³-hybridized carbons (Fsp3) is 0.455. The predicted octanol–water partition coefficient (Wildman–Crippen LogP) is 0.461. The van der Waals surface area contributed by atoms with E-state index >= 15 is 0 Å². The Hall–Kier alpha value is -1.98. The second-order valence-corrected chi connectivity index (χ2v) is 4.25. The molecule has 1 aromatic heterocycles. The molecule has 0 spiro atoms. The van der Waals surface area contributed by atoms with Crippen LogP contribution in [0.4, 0.5) is 0 Å². The summed E-state index contributed by atoms with van der Waals surface area (Å²) in [4.78, 5) is 22.8. The van der Waals surface area contributed by atoms with E-state index in [1.54, 1.807) is 0 Å². The minimum Gasteiger partial charge on any atom is -0.481 e. The predicted molar refractivity (Wildman–Crippen MR) is 58.3 cm³/mol. The Bertz CT molecular complexity index is 429. The molecule has 1 saturated carbocycles. The highest BCUT2D eigenvalue weighted by Gasteiger charge is 2.44. The molecule has 1 aliphatic rings. The topological polar surface area (TPSA) is 92.2 Å². The van der Waals surface area contributed by atoms with Gasteiger partial charge < -0.3 is 10.4 Å². The van der Waals surface area contributed by atoms with Crippen LogP contribution in [0.5, 0.6) is 0 Å². The van der Waals surface area contributed by atoms with E-state index in [9.17, 15) is 9.59 Å². The zero-order valence-electron chi connectivity index (χ0n) is 9.22. The fourth-order valence-electron chi connectivity index (χ4n) is 1.85. The van der Waals surface area contributed by atoms with Crippen molar-refractivity contribution in [1.82, 2.24) is 15.5 Å². The molecule has 1 heterocycles. The number of hydrogen-bond donors (Lipinski definition) is 2. The number of carboxylic acid groups (broad SMARTS) is 1. The summed E-state index contributed by atoms with van der Waals surface area (Å²) in [7, 11) is 0. The zero-order valence-corrected chi connectivity index (χ0v) is 9.22. The number of carbonyl (C=O) groups excluding carboxylic acids is 1. The van der Waals surface area contributed by atoms with Gasteiger partial charge in [0.1, 0.15) is 0 Å². The van der Waals surface area contributed by atoms with E-state index in [-0.39, 0.29) is 12.5 Å². The number of nitrogens with one attached hydrogen (secondary N) is 1. The summed E-state index contributed by atoms with van der Waals surface area (Å²) >= 11 is 0. The maximum absolute atomic E-state index is 11.7. The maximum Gasteiger partial charge on any atom is 0.311 e. The lowest BCUT2D eigenvalue weighted by Crippen LogP contribution is -2.47. The molecule has 0 saturated heterocycles. The highest BCUT2D eigenvalue weighted by atomic mass is 16.4. The Morgan fingerprint density at radius 3 is 2.65 bits per heavy atom. The van der Waals surface area contributed by atoms with Crippen LogP contribution in [0, 0.1) is 5.41 Å². The number of carbonyl (C=O) groups is 2. The number of hydrogen-bond acceptors (Lipinski definition) is 4. The van der Waals surface area contributed by atoms with Gasteiger partial charge in [0.15, 0.2) is 0 Å². The van der Waals surface area contributed by atoms with E-state index in [0.717, 1.165) is 6.42 Å². The van der Waals surface area contributed by atoms with Gasteiger partial charge in [-0.1, -0.05) is 6.42 Å². The van der Waals surface area contributed by atoms with Crippen molar-refractivity contribution in [2.45, 2.75) is 19.3 Å². The number of nitrogens with zero attached hydrogens (tertiary/aromatic N) is 2. The standard InChI is InChI=1S/C11H13N3O3/c15-9(8-2-5-13-14-6-8)12-7-11(10(16)17)3-1-4-11/h2,5-6H,1,3-4,7H2,(H,12,15)(H,16,17). The molecule has 1 fully saturated rings. The van der Waals surface area contributed by atoms with Gasteiger partial charge in [0.25, 0.3) is 5.91 Å². The molecule has 0 aliphatic heterocycles. The van der Waals surface area contributed by atoms with Crippen LogP contribution in [0.3, 0.4) is 0 Å². The average Bonchev–Trinajstić information content (AvgIpc) is 2.28. The molecule has 1 amide bonds. The number of aromatic nitrogens is 2. The van der Waals surface area contributed by atoms with Crippen LogP contribution >= 0.6 is 0 Å². The zero-order chi connectivity index (χ0) is 12.3. The second kappa shape index (κ2) is 4.48. The SMILES string of the molecule is O=C(NCC1(C(=O)O)CCC1)c1ccnnc1. The largest absolute Gasteiger partial charge is 0.481 e. The number of aliphatic carboxylic acids is 1. The quantitative estimate of drug-likeness (QED) is 0.791. The lowest BCUT2D eigenvalue weighted by Gasteiger charge is -2.37. The molecular weight excluding hydrogens is 222 g/mol. The summed E-state index contributed by atoms with van der Waals surface area (Å²) in [6, 6.07) is 1.54. The van der Waals surface area contributed by atoms with Gasteiger partial charge in [-0.05, 0) is 18.9 Å². The summed E-state index contributed by atoms with van der Waals surface area (Å²) in [5.41, 5.74) is -0.379. The molecule has 6 nitrogen and oxygen atoms in total. The Morgan fingerprint density at radius 1 is 1.41 bits per heavy atom. The number of amides is 1. The van der Waals surface area contributed by atoms with Crippen LogP contribution < -0.4 is 5.32 Å². The Kier molecular flexibility index (Phi) is 3.03. The summed E-state index contributed by atoms with van der Waals surface area (Å²) in [5.74, 6) is -1.15. The first-order valence-electron chi connectivity index (χ1n) is 5.42. The summed E-state index contributed by atoms with van der Waals surface area (Å²) in [6.07, 6.45) is 4.92. The molecule has 2 rings (SSSR count). The van der Waals surface area contributed by atoms with Gasteiger partial charge in [-0.3, -0.25) is 9.59 Å². The van der Waals surface area contributed by atoms with Crippen molar-refractivity contribution < 1.29 is 14.7 Å². The van der Waals surface area contributed by atoms with Crippen molar-refractivity contribution in [2.24, 2.45) is 5.41 Å². The fourth-order valence-corrected chi connectivity index (χ4v) is 1.85. The molecule has 1 aliphatic carbocycles. The molecule has 6 heteroatoms. The van der Waals surface area contributed by atoms with Crippen LogP contribution in [0.1, 0.15) is 29.6 Å². The van der Waals surface area contributed by atoms with Crippen molar-refractivity contribution in [3.05, 3.63) is 24.0 Å². The summed E-state index contributed by atoms with van der Waals surface area (Å²) in [5, 5.41) is 18.9. The van der Waals surface area contributed by atoms with Crippen molar-refractivity contribution in [1.29, 1.82) is 0 Å². The highest BCUT2D eigenvalue weighted by molar-refractivity contribution is 5.94. The van der Waals surface area contributed by atoms with E-state index in [2.05, 4.69) is 15.5 Å². The van der Waals surface area contributed by atoms with E-state index in [4.69, 9.17) is 5.11 Å². The molecule has 0 atom stereocenters. The van der Waals surface area contributed by atoms with Gasteiger partial charge in [0.2, 0.25) is 0 Å². The van der Waals surface area contributed by atoms with Crippen molar-refractivity contribution in [3.63, 3.8) is 0 Å². The Balaban J connectivity index is 1.95.